The van der Waals surface area contributed by atoms with E-state index in [0.717, 1.165) is 0 Å². The lowest BCUT2D eigenvalue weighted by molar-refractivity contribution is 1.04. The van der Waals surface area contributed by atoms with Crippen LogP contribution in [0.4, 0.5) is 0 Å². The topological polar surface area (TPSA) is 0 Å². The molecule has 1 aromatic carbocycles. The van der Waals surface area contributed by atoms with E-state index in [-0.39, 0.29) is 0 Å². The average molecular weight is 211 g/mol. The molecule has 0 bridgehead atoms. The highest BCUT2D eigenvalue weighted by molar-refractivity contribution is 9.09. The Balaban J connectivity index is 2.45. The number of rotatable bonds is 1. The Morgan fingerprint density at radius 1 is 1.27 bits per heavy atom. The molecule has 0 amide bonds. The second kappa shape index (κ2) is 2.34. The van der Waals surface area contributed by atoms with Crippen molar-refractivity contribution in [2.24, 2.45) is 0 Å². The number of hydrogen-bond donors (Lipinski definition) is 0. The first-order valence-corrected chi connectivity index (χ1v) is 4.77. The van der Waals surface area contributed by atoms with Crippen molar-refractivity contribution in [1.82, 2.24) is 0 Å². The van der Waals surface area contributed by atoms with Gasteiger partial charge in [-0.05, 0) is 30.9 Å². The van der Waals surface area contributed by atoms with Gasteiger partial charge in [-0.25, -0.2) is 0 Å². The molecule has 1 heteroatoms. The van der Waals surface area contributed by atoms with Gasteiger partial charge in [0, 0.05) is 0 Å². The van der Waals surface area contributed by atoms with Crippen LogP contribution in [0.1, 0.15) is 24.0 Å². The van der Waals surface area contributed by atoms with Crippen molar-refractivity contribution in [2.75, 3.05) is 0 Å². The van der Waals surface area contributed by atoms with Crippen LogP contribution in [0, 0.1) is 6.92 Å². The smallest absolute Gasteiger partial charge is 0.0509 e. The maximum atomic E-state index is 3.75. The molecular weight excluding hydrogens is 200 g/mol. The molecule has 0 unspecified atom stereocenters. The lowest BCUT2D eigenvalue weighted by Gasteiger charge is -2.09. The van der Waals surface area contributed by atoms with Crippen LogP contribution in [0.25, 0.3) is 0 Å². The van der Waals surface area contributed by atoms with Gasteiger partial charge in [0.15, 0.2) is 0 Å². The molecule has 0 saturated heterocycles. The first-order valence-electron chi connectivity index (χ1n) is 3.97. The minimum absolute atomic E-state index is 0.346. The highest BCUT2D eigenvalue weighted by atomic mass is 79.9. The van der Waals surface area contributed by atoms with Gasteiger partial charge in [-0.1, -0.05) is 40.2 Å². The molecule has 0 spiro atoms. The minimum Gasteiger partial charge on any atom is -0.0801 e. The van der Waals surface area contributed by atoms with Crippen molar-refractivity contribution < 1.29 is 0 Å². The zero-order valence-electron chi connectivity index (χ0n) is 6.60. The largest absolute Gasteiger partial charge is 0.0801 e. The molecule has 2 rings (SSSR count). The molecule has 0 aromatic heterocycles. The molecule has 0 radical (unpaired) electrons. The SMILES string of the molecule is Cc1ccccc1C1(Br)CC1. The molecule has 0 N–H and O–H groups in total. The van der Waals surface area contributed by atoms with E-state index in [1.807, 2.05) is 0 Å². The highest BCUT2D eigenvalue weighted by Crippen LogP contribution is 2.54. The third-order valence-electron chi connectivity index (χ3n) is 2.32. The normalized spacial score (nSPS) is 19.8. The second-order valence-electron chi connectivity index (χ2n) is 3.28. The van der Waals surface area contributed by atoms with Crippen LogP contribution in [0.2, 0.25) is 0 Å². The Bertz CT molecular complexity index is 274. The number of alkyl halides is 1. The van der Waals surface area contributed by atoms with E-state index in [0.29, 0.717) is 4.32 Å². The van der Waals surface area contributed by atoms with Crippen molar-refractivity contribution in [1.29, 1.82) is 0 Å². The molecule has 0 aliphatic heterocycles. The summed E-state index contributed by atoms with van der Waals surface area (Å²) in [4.78, 5) is 0. The van der Waals surface area contributed by atoms with E-state index in [2.05, 4.69) is 47.1 Å². The Kier molecular flexibility index (Phi) is 1.57. The fourth-order valence-corrected chi connectivity index (χ4v) is 2.10. The summed E-state index contributed by atoms with van der Waals surface area (Å²) in [6, 6.07) is 8.61. The van der Waals surface area contributed by atoms with Gasteiger partial charge in [-0.3, -0.25) is 0 Å². The maximum absolute atomic E-state index is 3.75. The van der Waals surface area contributed by atoms with Crippen molar-refractivity contribution in [3.8, 4) is 0 Å². The first-order chi connectivity index (χ1) is 5.22. The van der Waals surface area contributed by atoms with Crippen LogP contribution in [0.5, 0.6) is 0 Å². The first kappa shape index (κ1) is 7.35. The van der Waals surface area contributed by atoms with Crippen molar-refractivity contribution in [2.45, 2.75) is 24.1 Å². The Hall–Kier alpha value is -0.300. The highest BCUT2D eigenvalue weighted by Gasteiger charge is 2.42. The van der Waals surface area contributed by atoms with Gasteiger partial charge in [-0.2, -0.15) is 0 Å². The lowest BCUT2D eigenvalue weighted by Crippen LogP contribution is -1.97. The minimum atomic E-state index is 0.346. The Morgan fingerprint density at radius 2 is 1.91 bits per heavy atom. The number of halogens is 1. The summed E-state index contributed by atoms with van der Waals surface area (Å²) in [7, 11) is 0. The number of aryl methyl sites for hydroxylation is 1. The van der Waals surface area contributed by atoms with Crippen LogP contribution in [-0.2, 0) is 4.32 Å². The number of hydrogen-bond acceptors (Lipinski definition) is 0. The summed E-state index contributed by atoms with van der Waals surface area (Å²) in [6.07, 6.45) is 2.58. The quantitative estimate of drug-likeness (QED) is 0.624. The molecule has 0 heterocycles. The second-order valence-corrected chi connectivity index (χ2v) is 4.80. The van der Waals surface area contributed by atoms with Crippen molar-refractivity contribution in [3.63, 3.8) is 0 Å². The van der Waals surface area contributed by atoms with Crippen LogP contribution in [0.3, 0.4) is 0 Å². The van der Waals surface area contributed by atoms with Crippen molar-refractivity contribution in [3.05, 3.63) is 35.4 Å². The molecule has 1 aromatic rings. The van der Waals surface area contributed by atoms with Gasteiger partial charge in [0.25, 0.3) is 0 Å². The van der Waals surface area contributed by atoms with Crippen LogP contribution in [-0.4, -0.2) is 0 Å². The molecule has 0 atom stereocenters. The Labute approximate surface area is 75.8 Å². The van der Waals surface area contributed by atoms with Gasteiger partial charge < -0.3 is 0 Å². The van der Waals surface area contributed by atoms with E-state index in [1.165, 1.54) is 24.0 Å². The molecule has 11 heavy (non-hydrogen) atoms. The molecule has 58 valence electrons. The molecule has 1 saturated carbocycles. The maximum Gasteiger partial charge on any atom is 0.0509 e. The lowest BCUT2D eigenvalue weighted by atomic mass is 10.1. The molecule has 1 aliphatic carbocycles. The predicted octanol–water partition coefficient (Wildman–Crippen LogP) is 3.38. The van der Waals surface area contributed by atoms with Gasteiger partial charge in [-0.15, -0.1) is 0 Å². The summed E-state index contributed by atoms with van der Waals surface area (Å²) in [5, 5.41) is 0. The Morgan fingerprint density at radius 3 is 2.45 bits per heavy atom. The fourth-order valence-electron chi connectivity index (χ4n) is 1.45. The molecule has 1 fully saturated rings. The third-order valence-corrected chi connectivity index (χ3v) is 3.54. The van der Waals surface area contributed by atoms with Crippen LogP contribution in [0.15, 0.2) is 24.3 Å². The van der Waals surface area contributed by atoms with E-state index in [1.54, 1.807) is 0 Å². The van der Waals surface area contributed by atoms with E-state index in [4.69, 9.17) is 0 Å². The van der Waals surface area contributed by atoms with E-state index in [9.17, 15) is 0 Å². The third kappa shape index (κ3) is 1.22. The molecule has 0 nitrogen and oxygen atoms in total. The summed E-state index contributed by atoms with van der Waals surface area (Å²) < 4.78 is 0.346. The fraction of sp³-hybridized carbons (Fsp3) is 0.400. The van der Waals surface area contributed by atoms with E-state index < -0.39 is 0 Å². The monoisotopic (exact) mass is 210 g/mol. The average Bonchev–Trinajstić information content (AvgIpc) is 2.70. The zero-order chi connectivity index (χ0) is 7.90. The summed E-state index contributed by atoms with van der Waals surface area (Å²) >= 11 is 3.75. The molecular formula is C10H11Br. The van der Waals surface area contributed by atoms with Gasteiger partial charge >= 0.3 is 0 Å². The summed E-state index contributed by atoms with van der Waals surface area (Å²) in [5.74, 6) is 0. The van der Waals surface area contributed by atoms with E-state index >= 15 is 0 Å². The van der Waals surface area contributed by atoms with Gasteiger partial charge in [0.2, 0.25) is 0 Å². The van der Waals surface area contributed by atoms with Crippen LogP contribution >= 0.6 is 15.9 Å². The summed E-state index contributed by atoms with van der Waals surface area (Å²) in [5.41, 5.74) is 2.88. The van der Waals surface area contributed by atoms with Crippen LogP contribution < -0.4 is 0 Å². The predicted molar refractivity (Wildman–Crippen MR) is 51.0 cm³/mol. The summed E-state index contributed by atoms with van der Waals surface area (Å²) in [6.45, 7) is 2.18. The van der Waals surface area contributed by atoms with Crippen molar-refractivity contribution >= 4 is 15.9 Å². The standard InChI is InChI=1S/C10H11Br/c1-8-4-2-3-5-9(8)10(11)6-7-10/h2-5H,6-7H2,1H3. The zero-order valence-corrected chi connectivity index (χ0v) is 8.19. The van der Waals surface area contributed by atoms with Gasteiger partial charge in [0.05, 0.1) is 4.32 Å². The molecule has 1 aliphatic rings. The van der Waals surface area contributed by atoms with Gasteiger partial charge in [0.1, 0.15) is 0 Å². The number of benzene rings is 1.